The second-order valence-electron chi connectivity index (χ2n) is 8.69. The van der Waals surface area contributed by atoms with Gasteiger partial charge in [-0.3, -0.25) is 19.4 Å². The fourth-order valence-electron chi connectivity index (χ4n) is 5.27. The lowest BCUT2D eigenvalue weighted by atomic mass is 9.89. The average Bonchev–Trinajstić information content (AvgIpc) is 3.26. The molecule has 0 radical (unpaired) electrons. The smallest absolute Gasteiger partial charge is 0.250 e. The molecular formula is C24H28N4O3. The van der Waals surface area contributed by atoms with E-state index in [0.717, 1.165) is 50.4 Å². The van der Waals surface area contributed by atoms with Crippen LogP contribution in [0.15, 0.2) is 48.5 Å². The van der Waals surface area contributed by atoms with Crippen molar-refractivity contribution in [3.63, 3.8) is 0 Å². The molecule has 5 rings (SSSR count). The predicted molar refractivity (Wildman–Crippen MR) is 121 cm³/mol. The Balaban J connectivity index is 1.33. The van der Waals surface area contributed by atoms with E-state index in [9.17, 15) is 14.7 Å². The monoisotopic (exact) mass is 420 g/mol. The maximum Gasteiger partial charge on any atom is 0.250 e. The van der Waals surface area contributed by atoms with Gasteiger partial charge >= 0.3 is 0 Å². The SMILES string of the molecule is O=C(CN1CCN(c2ccccc2O)CC1)N1c2ccccc2NC(=O)C12CCCC2. The predicted octanol–water partition coefficient (Wildman–Crippen LogP) is 2.81. The topological polar surface area (TPSA) is 76.1 Å². The highest BCUT2D eigenvalue weighted by atomic mass is 16.3. The van der Waals surface area contributed by atoms with Crippen LogP contribution in [0.2, 0.25) is 0 Å². The number of rotatable bonds is 3. The van der Waals surface area contributed by atoms with Gasteiger partial charge in [-0.25, -0.2) is 0 Å². The number of carbonyl (C=O) groups excluding carboxylic acids is 2. The minimum absolute atomic E-state index is 0.0137. The fraction of sp³-hybridized carbons (Fsp3) is 0.417. The van der Waals surface area contributed by atoms with Crippen LogP contribution < -0.4 is 15.1 Å². The van der Waals surface area contributed by atoms with Crippen LogP contribution in [0.3, 0.4) is 0 Å². The number of hydrogen-bond acceptors (Lipinski definition) is 5. The summed E-state index contributed by atoms with van der Waals surface area (Å²) in [6.45, 7) is 3.24. The number of fused-ring (bicyclic) bond motifs is 1. The Labute approximate surface area is 182 Å². The second-order valence-corrected chi connectivity index (χ2v) is 8.69. The minimum atomic E-state index is -0.761. The Bertz CT molecular complexity index is 994. The summed E-state index contributed by atoms with van der Waals surface area (Å²) in [7, 11) is 0. The highest BCUT2D eigenvalue weighted by Gasteiger charge is 2.52. The second kappa shape index (κ2) is 7.89. The first kappa shape index (κ1) is 19.9. The molecule has 1 saturated heterocycles. The van der Waals surface area contributed by atoms with Crippen LogP contribution in [-0.4, -0.2) is 60.1 Å². The van der Waals surface area contributed by atoms with Crippen LogP contribution in [0.4, 0.5) is 17.1 Å². The van der Waals surface area contributed by atoms with Gasteiger partial charge in [0.1, 0.15) is 11.3 Å². The number of hydrogen-bond donors (Lipinski definition) is 2. The van der Waals surface area contributed by atoms with E-state index < -0.39 is 5.54 Å². The van der Waals surface area contributed by atoms with E-state index >= 15 is 0 Å². The molecule has 0 bridgehead atoms. The van der Waals surface area contributed by atoms with Gasteiger partial charge in [0.15, 0.2) is 0 Å². The Morgan fingerprint density at radius 1 is 0.935 bits per heavy atom. The van der Waals surface area contributed by atoms with Crippen molar-refractivity contribution in [3.8, 4) is 5.75 Å². The molecule has 7 nitrogen and oxygen atoms in total. The lowest BCUT2D eigenvalue weighted by Crippen LogP contribution is -2.62. The van der Waals surface area contributed by atoms with Crippen molar-refractivity contribution in [2.24, 2.45) is 0 Å². The Morgan fingerprint density at radius 3 is 2.29 bits per heavy atom. The first-order chi connectivity index (χ1) is 15.1. The molecular weight excluding hydrogens is 392 g/mol. The number of carbonyl (C=O) groups is 2. The summed E-state index contributed by atoms with van der Waals surface area (Å²) in [5.74, 6) is 0.216. The van der Waals surface area contributed by atoms with Gasteiger partial charge in [0.25, 0.3) is 5.91 Å². The van der Waals surface area contributed by atoms with Gasteiger partial charge in [-0.1, -0.05) is 37.1 Å². The number of para-hydroxylation sites is 4. The summed E-state index contributed by atoms with van der Waals surface area (Å²) in [5, 5.41) is 13.2. The number of phenolic OH excluding ortho intramolecular Hbond substituents is 1. The number of benzene rings is 2. The Kier molecular flexibility index (Phi) is 5.06. The lowest BCUT2D eigenvalue weighted by molar-refractivity contribution is -0.128. The van der Waals surface area contributed by atoms with Gasteiger partial charge in [-0.05, 0) is 37.1 Å². The van der Waals surface area contributed by atoms with E-state index in [1.54, 1.807) is 11.0 Å². The number of amides is 2. The zero-order chi connectivity index (χ0) is 21.4. The van der Waals surface area contributed by atoms with Crippen molar-refractivity contribution >= 4 is 28.9 Å². The highest BCUT2D eigenvalue weighted by Crippen LogP contribution is 2.45. The molecule has 2 aromatic carbocycles. The molecule has 2 aliphatic heterocycles. The molecule has 0 unspecified atom stereocenters. The largest absolute Gasteiger partial charge is 0.506 e. The third-order valence-electron chi connectivity index (χ3n) is 6.88. The summed E-state index contributed by atoms with van der Waals surface area (Å²) < 4.78 is 0. The Hall–Kier alpha value is -3.06. The zero-order valence-corrected chi connectivity index (χ0v) is 17.6. The summed E-state index contributed by atoms with van der Waals surface area (Å²) in [5.41, 5.74) is 1.59. The third kappa shape index (κ3) is 3.43. The van der Waals surface area contributed by atoms with Crippen LogP contribution in [0, 0.1) is 0 Å². The molecule has 162 valence electrons. The first-order valence-corrected chi connectivity index (χ1v) is 11.1. The number of anilines is 3. The maximum absolute atomic E-state index is 13.6. The summed E-state index contributed by atoms with van der Waals surface area (Å²) in [4.78, 5) is 32.8. The maximum atomic E-state index is 13.6. The summed E-state index contributed by atoms with van der Waals surface area (Å²) in [6, 6.07) is 15.0. The molecule has 7 heteroatoms. The summed E-state index contributed by atoms with van der Waals surface area (Å²) >= 11 is 0. The molecule has 0 atom stereocenters. The van der Waals surface area contributed by atoms with Crippen LogP contribution in [-0.2, 0) is 9.59 Å². The molecule has 3 aliphatic rings. The van der Waals surface area contributed by atoms with Crippen LogP contribution in [0.5, 0.6) is 5.75 Å². The van der Waals surface area contributed by atoms with E-state index in [0.29, 0.717) is 18.5 Å². The molecule has 2 fully saturated rings. The highest BCUT2D eigenvalue weighted by molar-refractivity contribution is 6.15. The summed E-state index contributed by atoms with van der Waals surface area (Å²) in [6.07, 6.45) is 3.33. The molecule has 1 saturated carbocycles. The third-order valence-corrected chi connectivity index (χ3v) is 6.88. The average molecular weight is 421 g/mol. The Morgan fingerprint density at radius 2 is 1.58 bits per heavy atom. The molecule has 2 N–H and O–H groups in total. The number of aromatic hydroxyl groups is 1. The van der Waals surface area contributed by atoms with Gasteiger partial charge in [0, 0.05) is 26.2 Å². The quantitative estimate of drug-likeness (QED) is 0.799. The van der Waals surface area contributed by atoms with E-state index in [1.165, 1.54) is 0 Å². The van der Waals surface area contributed by atoms with Crippen LogP contribution in [0.25, 0.3) is 0 Å². The van der Waals surface area contributed by atoms with Crippen molar-refractivity contribution in [2.45, 2.75) is 31.2 Å². The molecule has 1 spiro atoms. The first-order valence-electron chi connectivity index (χ1n) is 11.1. The van der Waals surface area contributed by atoms with Crippen LogP contribution >= 0.6 is 0 Å². The fourth-order valence-corrected chi connectivity index (χ4v) is 5.27. The van der Waals surface area contributed by atoms with Gasteiger partial charge in [0.2, 0.25) is 5.91 Å². The molecule has 31 heavy (non-hydrogen) atoms. The van der Waals surface area contributed by atoms with Crippen molar-refractivity contribution in [1.29, 1.82) is 0 Å². The standard InChI is InChI=1S/C24H28N4O3/c29-21-10-4-3-9-20(21)27-15-13-26(14-16-27)17-22(30)28-19-8-2-1-7-18(19)25-23(31)24(28)11-5-6-12-24/h1-4,7-10,29H,5-6,11-17H2,(H,25,31). The number of nitrogens with one attached hydrogen (secondary N) is 1. The van der Waals surface area contributed by atoms with E-state index in [1.807, 2.05) is 42.5 Å². The molecule has 1 aliphatic carbocycles. The molecule has 2 heterocycles. The van der Waals surface area contributed by atoms with E-state index in [2.05, 4.69) is 15.1 Å². The number of phenols is 1. The minimum Gasteiger partial charge on any atom is -0.506 e. The van der Waals surface area contributed by atoms with E-state index in [4.69, 9.17) is 0 Å². The number of piperazine rings is 1. The van der Waals surface area contributed by atoms with Crippen molar-refractivity contribution in [1.82, 2.24) is 4.90 Å². The van der Waals surface area contributed by atoms with Crippen molar-refractivity contribution in [2.75, 3.05) is 47.8 Å². The van der Waals surface area contributed by atoms with Gasteiger partial charge < -0.3 is 15.3 Å². The lowest BCUT2D eigenvalue weighted by Gasteiger charge is -2.45. The van der Waals surface area contributed by atoms with Gasteiger partial charge in [-0.15, -0.1) is 0 Å². The van der Waals surface area contributed by atoms with E-state index in [-0.39, 0.29) is 24.1 Å². The molecule has 2 aromatic rings. The molecule has 0 aromatic heterocycles. The molecule has 2 amide bonds. The van der Waals surface area contributed by atoms with Crippen molar-refractivity contribution < 1.29 is 14.7 Å². The normalized spacial score (nSPS) is 20.6. The zero-order valence-electron chi connectivity index (χ0n) is 17.6. The van der Waals surface area contributed by atoms with Crippen molar-refractivity contribution in [3.05, 3.63) is 48.5 Å². The number of nitrogens with zero attached hydrogens (tertiary/aromatic N) is 3. The van der Waals surface area contributed by atoms with Crippen LogP contribution in [0.1, 0.15) is 25.7 Å². The van der Waals surface area contributed by atoms with Gasteiger partial charge in [0.05, 0.1) is 23.6 Å². The van der Waals surface area contributed by atoms with Gasteiger partial charge in [-0.2, -0.15) is 0 Å².